The van der Waals surface area contributed by atoms with Crippen molar-refractivity contribution < 1.29 is 14.7 Å². The minimum atomic E-state index is -0.686. The van der Waals surface area contributed by atoms with Crippen LogP contribution in [-0.2, 0) is 16.0 Å². The Bertz CT molecular complexity index is 418. The van der Waals surface area contributed by atoms with Gasteiger partial charge in [0.25, 0.3) is 0 Å². The summed E-state index contributed by atoms with van der Waals surface area (Å²) < 4.78 is 0. The quantitative estimate of drug-likeness (QED) is 0.531. The molecule has 2 amide bonds. The number of hydrogen-bond acceptors (Lipinski definition) is 3. The monoisotopic (exact) mass is 250 g/mol. The third-order valence-electron chi connectivity index (χ3n) is 2.47. The van der Waals surface area contributed by atoms with Crippen molar-refractivity contribution >= 4 is 17.5 Å². The van der Waals surface area contributed by atoms with E-state index in [0.717, 1.165) is 12.0 Å². The van der Waals surface area contributed by atoms with Gasteiger partial charge in [0, 0.05) is 18.8 Å². The Morgan fingerprint density at radius 3 is 2.61 bits per heavy atom. The summed E-state index contributed by atoms with van der Waals surface area (Å²) in [6, 6.07) is 7.35. The molecule has 0 fully saturated rings. The second-order valence-corrected chi connectivity index (χ2v) is 3.80. The molecule has 5 heteroatoms. The summed E-state index contributed by atoms with van der Waals surface area (Å²) in [7, 11) is 0. The Hall–Kier alpha value is -1.88. The Morgan fingerprint density at radius 2 is 1.94 bits per heavy atom. The first-order chi connectivity index (χ1) is 8.69. The molecular formula is C13H18N2O3. The van der Waals surface area contributed by atoms with Crippen molar-refractivity contribution in [3.05, 3.63) is 29.8 Å². The number of aliphatic hydroxyl groups excluding tert-OH is 1. The summed E-state index contributed by atoms with van der Waals surface area (Å²) in [6.45, 7) is 2.26. The number of nitrogens with one attached hydrogen (secondary N) is 2. The maximum absolute atomic E-state index is 11.6. The van der Waals surface area contributed by atoms with Crippen LogP contribution in [0.4, 0.5) is 5.69 Å². The van der Waals surface area contributed by atoms with Crippen molar-refractivity contribution in [2.45, 2.75) is 19.8 Å². The first-order valence-electron chi connectivity index (χ1n) is 5.97. The number of hydrogen-bond donors (Lipinski definition) is 3. The lowest BCUT2D eigenvalue weighted by Crippen LogP contribution is -2.36. The molecule has 0 aromatic heterocycles. The predicted molar refractivity (Wildman–Crippen MR) is 69.2 cm³/mol. The van der Waals surface area contributed by atoms with Crippen LogP contribution >= 0.6 is 0 Å². The summed E-state index contributed by atoms with van der Waals surface area (Å²) in [4.78, 5) is 23.0. The zero-order valence-electron chi connectivity index (χ0n) is 10.4. The highest BCUT2D eigenvalue weighted by atomic mass is 16.3. The molecular weight excluding hydrogens is 232 g/mol. The SMILES string of the molecule is CCc1ccccc1NC(=O)C(=O)NCCCO. The second kappa shape index (κ2) is 7.45. The molecule has 0 saturated heterocycles. The van der Waals surface area contributed by atoms with E-state index in [4.69, 9.17) is 5.11 Å². The average Bonchev–Trinajstić information content (AvgIpc) is 2.39. The number of carbonyl (C=O) groups is 2. The molecule has 0 atom stereocenters. The van der Waals surface area contributed by atoms with E-state index in [0.29, 0.717) is 12.1 Å². The zero-order chi connectivity index (χ0) is 13.4. The van der Waals surface area contributed by atoms with Gasteiger partial charge in [0.2, 0.25) is 0 Å². The van der Waals surface area contributed by atoms with Gasteiger partial charge in [0.15, 0.2) is 0 Å². The van der Waals surface area contributed by atoms with Gasteiger partial charge >= 0.3 is 11.8 Å². The van der Waals surface area contributed by atoms with Gasteiger partial charge in [-0.15, -0.1) is 0 Å². The van der Waals surface area contributed by atoms with Gasteiger partial charge in [-0.05, 0) is 24.5 Å². The number of aliphatic hydroxyl groups is 1. The van der Waals surface area contributed by atoms with Crippen molar-refractivity contribution in [2.75, 3.05) is 18.5 Å². The lowest BCUT2D eigenvalue weighted by atomic mass is 10.1. The van der Waals surface area contributed by atoms with E-state index in [1.165, 1.54) is 0 Å². The van der Waals surface area contributed by atoms with Crippen molar-refractivity contribution in [1.82, 2.24) is 5.32 Å². The third-order valence-corrected chi connectivity index (χ3v) is 2.47. The number of amides is 2. The molecule has 0 aliphatic carbocycles. The van der Waals surface area contributed by atoms with Gasteiger partial charge in [-0.1, -0.05) is 25.1 Å². The molecule has 0 radical (unpaired) electrons. The second-order valence-electron chi connectivity index (χ2n) is 3.80. The maximum Gasteiger partial charge on any atom is 0.313 e. The van der Waals surface area contributed by atoms with E-state index < -0.39 is 11.8 Å². The Kier molecular flexibility index (Phi) is 5.87. The van der Waals surface area contributed by atoms with Crippen LogP contribution in [0.1, 0.15) is 18.9 Å². The number of carbonyl (C=O) groups excluding carboxylic acids is 2. The van der Waals surface area contributed by atoms with Gasteiger partial charge in [-0.25, -0.2) is 0 Å². The molecule has 0 saturated carbocycles. The fourth-order valence-corrected chi connectivity index (χ4v) is 1.49. The third kappa shape index (κ3) is 4.18. The minimum absolute atomic E-state index is 0.0133. The molecule has 0 unspecified atom stereocenters. The van der Waals surface area contributed by atoms with Crippen LogP contribution in [0.3, 0.4) is 0 Å². The van der Waals surface area contributed by atoms with Gasteiger partial charge in [0.1, 0.15) is 0 Å². The van der Waals surface area contributed by atoms with Gasteiger partial charge in [-0.3, -0.25) is 9.59 Å². The van der Waals surface area contributed by atoms with Crippen LogP contribution in [0.5, 0.6) is 0 Å². The van der Waals surface area contributed by atoms with Crippen LogP contribution in [0.2, 0.25) is 0 Å². The van der Waals surface area contributed by atoms with Crippen molar-refractivity contribution in [3.63, 3.8) is 0 Å². The standard InChI is InChI=1S/C13H18N2O3/c1-2-10-6-3-4-7-11(10)15-13(18)12(17)14-8-5-9-16/h3-4,6-7,16H,2,5,8-9H2,1H3,(H,14,17)(H,15,18). The van der Waals surface area contributed by atoms with Gasteiger partial charge in [0.05, 0.1) is 0 Å². The van der Waals surface area contributed by atoms with Crippen molar-refractivity contribution in [3.8, 4) is 0 Å². The zero-order valence-corrected chi connectivity index (χ0v) is 10.4. The highest BCUT2D eigenvalue weighted by Crippen LogP contribution is 2.14. The molecule has 0 bridgehead atoms. The molecule has 1 aromatic rings. The number of anilines is 1. The predicted octanol–water partition coefficient (Wildman–Crippen LogP) is 0.686. The highest BCUT2D eigenvalue weighted by Gasteiger charge is 2.13. The first kappa shape index (κ1) is 14.2. The lowest BCUT2D eigenvalue weighted by Gasteiger charge is -2.09. The molecule has 18 heavy (non-hydrogen) atoms. The van der Waals surface area contributed by atoms with E-state index in [9.17, 15) is 9.59 Å². The number of aryl methyl sites for hydroxylation is 1. The maximum atomic E-state index is 11.6. The smallest absolute Gasteiger partial charge is 0.313 e. The average molecular weight is 250 g/mol. The van der Waals surface area contributed by atoms with Crippen molar-refractivity contribution in [2.24, 2.45) is 0 Å². The molecule has 0 aliphatic rings. The lowest BCUT2D eigenvalue weighted by molar-refractivity contribution is -0.136. The van der Waals surface area contributed by atoms with Gasteiger partial charge < -0.3 is 15.7 Å². The van der Waals surface area contributed by atoms with Crippen LogP contribution in [-0.4, -0.2) is 30.1 Å². The molecule has 98 valence electrons. The van der Waals surface area contributed by atoms with Crippen LogP contribution in [0.15, 0.2) is 24.3 Å². The Labute approximate surface area is 106 Å². The molecule has 0 aliphatic heterocycles. The summed E-state index contributed by atoms with van der Waals surface area (Å²) in [5.74, 6) is -1.37. The van der Waals surface area contributed by atoms with Crippen LogP contribution in [0, 0.1) is 0 Å². The summed E-state index contributed by atoms with van der Waals surface area (Å²) in [5.41, 5.74) is 1.64. The van der Waals surface area contributed by atoms with Gasteiger partial charge in [-0.2, -0.15) is 0 Å². The topological polar surface area (TPSA) is 78.4 Å². The van der Waals surface area contributed by atoms with E-state index in [1.54, 1.807) is 12.1 Å². The molecule has 3 N–H and O–H groups in total. The summed E-state index contributed by atoms with van der Waals surface area (Å²) in [5, 5.41) is 13.6. The van der Waals surface area contributed by atoms with Crippen LogP contribution < -0.4 is 10.6 Å². The van der Waals surface area contributed by atoms with E-state index in [1.807, 2.05) is 19.1 Å². The minimum Gasteiger partial charge on any atom is -0.396 e. The Balaban J connectivity index is 2.55. The molecule has 0 spiro atoms. The van der Waals surface area contributed by atoms with Crippen molar-refractivity contribution in [1.29, 1.82) is 0 Å². The molecule has 1 aromatic carbocycles. The highest BCUT2D eigenvalue weighted by molar-refractivity contribution is 6.39. The molecule has 5 nitrogen and oxygen atoms in total. The number of para-hydroxylation sites is 1. The molecule has 1 rings (SSSR count). The van der Waals surface area contributed by atoms with E-state index in [2.05, 4.69) is 10.6 Å². The normalized spacial score (nSPS) is 9.89. The van der Waals surface area contributed by atoms with E-state index in [-0.39, 0.29) is 13.2 Å². The first-order valence-corrected chi connectivity index (χ1v) is 5.97. The molecule has 0 heterocycles. The summed E-state index contributed by atoms with van der Waals surface area (Å²) in [6.07, 6.45) is 1.22. The fourth-order valence-electron chi connectivity index (χ4n) is 1.49. The van der Waals surface area contributed by atoms with Crippen LogP contribution in [0.25, 0.3) is 0 Å². The fraction of sp³-hybridized carbons (Fsp3) is 0.385. The Morgan fingerprint density at radius 1 is 1.22 bits per heavy atom. The van der Waals surface area contributed by atoms with E-state index >= 15 is 0 Å². The largest absolute Gasteiger partial charge is 0.396 e. The number of benzene rings is 1. The summed E-state index contributed by atoms with van der Waals surface area (Å²) >= 11 is 0. The number of rotatable bonds is 5.